The summed E-state index contributed by atoms with van der Waals surface area (Å²) < 4.78 is 0. The van der Waals surface area contributed by atoms with Crippen LogP contribution in [0.5, 0.6) is 0 Å². The molecule has 0 spiro atoms. The zero-order chi connectivity index (χ0) is 14.8. The minimum absolute atomic E-state index is 0.287. The van der Waals surface area contributed by atoms with E-state index in [4.69, 9.17) is 0 Å². The van der Waals surface area contributed by atoms with Gasteiger partial charge in [-0.2, -0.15) is 0 Å². The van der Waals surface area contributed by atoms with E-state index < -0.39 is 11.2 Å². The monoisotopic (exact) mass is 270 g/mol. The molecule has 2 heteroatoms. The van der Waals surface area contributed by atoms with Crippen LogP contribution in [0.4, 0.5) is 0 Å². The van der Waals surface area contributed by atoms with Gasteiger partial charge in [0.05, 0.1) is 5.60 Å². The van der Waals surface area contributed by atoms with Crippen LogP contribution in [0.3, 0.4) is 0 Å². The fraction of sp³-hybridized carbons (Fsp3) is 0.333. The second kappa shape index (κ2) is 5.39. The van der Waals surface area contributed by atoms with E-state index in [9.17, 15) is 10.2 Å². The minimum atomic E-state index is -1.28. The summed E-state index contributed by atoms with van der Waals surface area (Å²) in [4.78, 5) is 0. The van der Waals surface area contributed by atoms with Crippen LogP contribution in [-0.2, 0) is 0 Å². The van der Waals surface area contributed by atoms with E-state index in [1.807, 2.05) is 60.7 Å². The molecule has 2 nitrogen and oxygen atoms in total. The summed E-state index contributed by atoms with van der Waals surface area (Å²) in [5, 5.41) is 21.4. The molecule has 0 amide bonds. The van der Waals surface area contributed by atoms with Crippen molar-refractivity contribution in [2.75, 3.05) is 0 Å². The molecule has 0 aliphatic heterocycles. The Labute approximate surface area is 120 Å². The summed E-state index contributed by atoms with van der Waals surface area (Å²) in [6.07, 6.45) is 0. The summed E-state index contributed by atoms with van der Waals surface area (Å²) in [7, 11) is 0. The maximum Gasteiger partial charge on any atom is 0.101 e. The van der Waals surface area contributed by atoms with Gasteiger partial charge in [-0.25, -0.2) is 0 Å². The third-order valence-corrected chi connectivity index (χ3v) is 4.07. The highest BCUT2D eigenvalue weighted by molar-refractivity contribution is 5.36. The fourth-order valence-electron chi connectivity index (χ4n) is 2.49. The van der Waals surface area contributed by atoms with Crippen LogP contribution in [0.2, 0.25) is 0 Å². The van der Waals surface area contributed by atoms with E-state index in [2.05, 4.69) is 0 Å². The maximum atomic E-state index is 11.0. The largest absolute Gasteiger partial charge is 0.387 e. The molecule has 0 heterocycles. The Kier molecular flexibility index (Phi) is 3.98. The Balaban J connectivity index is 2.57. The highest BCUT2D eigenvalue weighted by atomic mass is 16.4. The molecule has 0 aliphatic rings. The molecule has 2 rings (SSSR count). The van der Waals surface area contributed by atoms with Gasteiger partial charge in [0.25, 0.3) is 0 Å². The predicted molar refractivity (Wildman–Crippen MR) is 81.6 cm³/mol. The number of hydrogen-bond acceptors (Lipinski definition) is 2. The lowest BCUT2D eigenvalue weighted by Gasteiger charge is -2.42. The summed E-state index contributed by atoms with van der Waals surface area (Å²) in [6, 6.07) is 19.6. The van der Waals surface area contributed by atoms with Gasteiger partial charge in [-0.15, -0.1) is 0 Å². The number of benzene rings is 2. The van der Waals surface area contributed by atoms with Gasteiger partial charge < -0.3 is 10.2 Å². The Bertz CT molecular complexity index is 499. The molecule has 106 valence electrons. The third kappa shape index (κ3) is 2.77. The van der Waals surface area contributed by atoms with Crippen LogP contribution >= 0.6 is 0 Å². The van der Waals surface area contributed by atoms with Crippen molar-refractivity contribution in [3.8, 4) is 0 Å². The Morgan fingerprint density at radius 1 is 0.700 bits per heavy atom. The van der Waals surface area contributed by atoms with Crippen LogP contribution in [0.1, 0.15) is 37.8 Å². The molecule has 0 fully saturated rings. The second-order valence-corrected chi connectivity index (χ2v) is 5.96. The predicted octanol–water partition coefficient (Wildman–Crippen LogP) is 3.34. The van der Waals surface area contributed by atoms with Crippen LogP contribution in [0.15, 0.2) is 60.7 Å². The van der Waals surface area contributed by atoms with Gasteiger partial charge >= 0.3 is 0 Å². The first-order valence-corrected chi connectivity index (χ1v) is 6.88. The van der Waals surface area contributed by atoms with E-state index in [-0.39, 0.29) is 5.92 Å². The van der Waals surface area contributed by atoms with Crippen LogP contribution in [-0.4, -0.2) is 21.4 Å². The summed E-state index contributed by atoms with van der Waals surface area (Å²) >= 11 is 0. The summed E-state index contributed by atoms with van der Waals surface area (Å²) in [5.41, 5.74) is -0.518. The van der Waals surface area contributed by atoms with Crippen molar-refractivity contribution in [2.24, 2.45) is 0 Å². The average Bonchev–Trinajstić information content (AvgIpc) is 2.40. The summed E-state index contributed by atoms with van der Waals surface area (Å²) in [6.45, 7) is 4.98. The molecular weight excluding hydrogens is 248 g/mol. The third-order valence-electron chi connectivity index (χ3n) is 4.07. The van der Waals surface area contributed by atoms with E-state index in [1.54, 1.807) is 20.8 Å². The van der Waals surface area contributed by atoms with Crippen molar-refractivity contribution in [1.29, 1.82) is 0 Å². The molecule has 0 bridgehead atoms. The normalized spacial score (nSPS) is 15.1. The van der Waals surface area contributed by atoms with Gasteiger partial charge in [0, 0.05) is 5.92 Å². The summed E-state index contributed by atoms with van der Waals surface area (Å²) in [5.74, 6) is -0.287. The number of hydrogen-bond donors (Lipinski definition) is 2. The molecule has 0 aliphatic carbocycles. The van der Waals surface area contributed by atoms with E-state index in [0.717, 1.165) is 11.1 Å². The molecule has 2 aromatic carbocycles. The topological polar surface area (TPSA) is 40.5 Å². The molecule has 0 aromatic heterocycles. The molecule has 2 N–H and O–H groups in total. The molecule has 20 heavy (non-hydrogen) atoms. The average molecular weight is 270 g/mol. The molecule has 2 aromatic rings. The van der Waals surface area contributed by atoms with Crippen molar-refractivity contribution >= 4 is 0 Å². The molecule has 1 unspecified atom stereocenters. The lowest BCUT2D eigenvalue weighted by atomic mass is 9.70. The molecule has 0 saturated heterocycles. The van der Waals surface area contributed by atoms with Crippen LogP contribution in [0, 0.1) is 0 Å². The molecule has 0 radical (unpaired) electrons. The Morgan fingerprint density at radius 2 is 1.05 bits per heavy atom. The van der Waals surface area contributed by atoms with Crippen LogP contribution < -0.4 is 0 Å². The maximum absolute atomic E-state index is 11.0. The van der Waals surface area contributed by atoms with Crippen molar-refractivity contribution in [3.05, 3.63) is 71.8 Å². The van der Waals surface area contributed by atoms with Gasteiger partial charge in [0.1, 0.15) is 5.60 Å². The number of rotatable bonds is 4. The fourth-order valence-corrected chi connectivity index (χ4v) is 2.49. The quantitative estimate of drug-likeness (QED) is 0.894. The number of aliphatic hydroxyl groups is 2. The van der Waals surface area contributed by atoms with Gasteiger partial charge in [-0.05, 0) is 31.9 Å². The standard InChI is InChI=1S/C18H22O2/c1-17(2,19)18(3,20)16(14-10-6-4-7-11-14)15-12-8-5-9-13-15/h4-13,16,19-20H,1-3H3. The van der Waals surface area contributed by atoms with Gasteiger partial charge in [-0.1, -0.05) is 60.7 Å². The van der Waals surface area contributed by atoms with E-state index in [1.165, 1.54) is 0 Å². The molecule has 1 atom stereocenters. The lowest BCUT2D eigenvalue weighted by molar-refractivity contribution is -0.128. The SMILES string of the molecule is CC(C)(O)C(C)(O)C(c1ccccc1)c1ccccc1. The lowest BCUT2D eigenvalue weighted by Crippen LogP contribution is -2.52. The van der Waals surface area contributed by atoms with E-state index >= 15 is 0 Å². The smallest absolute Gasteiger partial charge is 0.101 e. The van der Waals surface area contributed by atoms with Crippen molar-refractivity contribution in [1.82, 2.24) is 0 Å². The second-order valence-electron chi connectivity index (χ2n) is 5.96. The highest BCUT2D eigenvalue weighted by Gasteiger charge is 2.45. The van der Waals surface area contributed by atoms with E-state index in [0.29, 0.717) is 0 Å². The first-order chi connectivity index (χ1) is 9.34. The van der Waals surface area contributed by atoms with Crippen molar-refractivity contribution in [3.63, 3.8) is 0 Å². The zero-order valence-corrected chi connectivity index (χ0v) is 12.2. The van der Waals surface area contributed by atoms with Gasteiger partial charge in [0.2, 0.25) is 0 Å². The Morgan fingerprint density at radius 3 is 1.35 bits per heavy atom. The molecular formula is C18H22O2. The van der Waals surface area contributed by atoms with Crippen molar-refractivity contribution in [2.45, 2.75) is 37.9 Å². The van der Waals surface area contributed by atoms with Gasteiger partial charge in [-0.3, -0.25) is 0 Å². The molecule has 0 saturated carbocycles. The Hall–Kier alpha value is -1.64. The first kappa shape index (κ1) is 14.8. The highest BCUT2D eigenvalue weighted by Crippen LogP contribution is 2.40. The van der Waals surface area contributed by atoms with Crippen LogP contribution in [0.25, 0.3) is 0 Å². The zero-order valence-electron chi connectivity index (χ0n) is 12.2. The minimum Gasteiger partial charge on any atom is -0.387 e. The van der Waals surface area contributed by atoms with Gasteiger partial charge in [0.15, 0.2) is 0 Å². The van der Waals surface area contributed by atoms with Crippen molar-refractivity contribution < 1.29 is 10.2 Å². The first-order valence-electron chi connectivity index (χ1n) is 6.88.